The van der Waals surface area contributed by atoms with Crippen LogP contribution in [0.3, 0.4) is 0 Å². The molecule has 0 radical (unpaired) electrons. The quantitative estimate of drug-likeness (QED) is 0.395. The lowest BCUT2D eigenvalue weighted by Crippen LogP contribution is -2.31. The van der Waals surface area contributed by atoms with Crippen molar-refractivity contribution in [3.63, 3.8) is 0 Å². The summed E-state index contributed by atoms with van der Waals surface area (Å²) in [5, 5.41) is 0. The van der Waals surface area contributed by atoms with Crippen molar-refractivity contribution in [2.75, 3.05) is 13.2 Å². The summed E-state index contributed by atoms with van der Waals surface area (Å²) < 4.78 is 11.9. The third-order valence-electron chi connectivity index (χ3n) is 5.90. The SMILES string of the molecule is CC/C(C)=C(\OCC(C)=O)C(CC)(CC)c1ccc(OCC(=O)C(C)(C)C)c(C)c1. The van der Waals surface area contributed by atoms with Crippen LogP contribution in [0.4, 0.5) is 0 Å². The van der Waals surface area contributed by atoms with E-state index in [4.69, 9.17) is 9.47 Å². The Labute approximate surface area is 183 Å². The minimum Gasteiger partial charge on any atom is -0.489 e. The van der Waals surface area contributed by atoms with E-state index in [-0.39, 0.29) is 30.2 Å². The van der Waals surface area contributed by atoms with Gasteiger partial charge in [0.05, 0.1) is 5.41 Å². The number of benzene rings is 1. The summed E-state index contributed by atoms with van der Waals surface area (Å²) in [6.45, 7) is 17.9. The lowest BCUT2D eigenvalue weighted by Gasteiger charge is -2.36. The fourth-order valence-electron chi connectivity index (χ4n) is 3.58. The third-order valence-corrected chi connectivity index (χ3v) is 5.90. The Kier molecular flexibility index (Phi) is 9.33. The van der Waals surface area contributed by atoms with Crippen LogP contribution in [0.25, 0.3) is 0 Å². The number of ketones is 2. The predicted molar refractivity (Wildman–Crippen MR) is 123 cm³/mol. The fourth-order valence-corrected chi connectivity index (χ4v) is 3.58. The highest BCUT2D eigenvalue weighted by atomic mass is 16.5. The second-order valence-electron chi connectivity index (χ2n) is 9.19. The van der Waals surface area contributed by atoms with Crippen molar-refractivity contribution in [3.8, 4) is 5.75 Å². The predicted octanol–water partition coefficient (Wildman–Crippen LogP) is 6.34. The van der Waals surface area contributed by atoms with Crippen LogP contribution in [0.5, 0.6) is 5.75 Å². The normalized spacial score (nSPS) is 13.0. The largest absolute Gasteiger partial charge is 0.489 e. The summed E-state index contributed by atoms with van der Waals surface area (Å²) >= 11 is 0. The van der Waals surface area contributed by atoms with Gasteiger partial charge in [-0.25, -0.2) is 0 Å². The molecule has 0 N–H and O–H groups in total. The number of rotatable bonds is 11. The molecule has 0 saturated carbocycles. The Balaban J connectivity index is 3.33. The van der Waals surface area contributed by atoms with Crippen molar-refractivity contribution in [1.29, 1.82) is 0 Å². The van der Waals surface area contributed by atoms with E-state index in [1.165, 1.54) is 0 Å². The van der Waals surface area contributed by atoms with Crippen molar-refractivity contribution in [2.24, 2.45) is 5.41 Å². The zero-order valence-electron chi connectivity index (χ0n) is 20.4. The summed E-state index contributed by atoms with van der Waals surface area (Å²) in [6.07, 6.45) is 2.58. The molecule has 30 heavy (non-hydrogen) atoms. The monoisotopic (exact) mass is 416 g/mol. The van der Waals surface area contributed by atoms with Gasteiger partial charge in [-0.3, -0.25) is 9.59 Å². The van der Waals surface area contributed by atoms with E-state index in [9.17, 15) is 9.59 Å². The van der Waals surface area contributed by atoms with Gasteiger partial charge in [-0.15, -0.1) is 0 Å². The molecule has 1 aromatic rings. The molecule has 0 spiro atoms. The minimum absolute atomic E-state index is 0.0148. The van der Waals surface area contributed by atoms with Gasteiger partial charge in [-0.05, 0) is 62.8 Å². The second kappa shape index (κ2) is 10.8. The second-order valence-corrected chi connectivity index (χ2v) is 9.19. The number of hydrogen-bond donors (Lipinski definition) is 0. The number of ether oxygens (including phenoxy) is 2. The van der Waals surface area contributed by atoms with Gasteiger partial charge in [-0.2, -0.15) is 0 Å². The number of Topliss-reactive ketones (excluding diaryl/α,β-unsaturated/α-hetero) is 2. The minimum atomic E-state index is -0.418. The highest BCUT2D eigenvalue weighted by Crippen LogP contribution is 2.42. The van der Waals surface area contributed by atoms with Gasteiger partial charge in [0.25, 0.3) is 0 Å². The van der Waals surface area contributed by atoms with Gasteiger partial charge in [0, 0.05) is 5.41 Å². The maximum atomic E-state index is 12.2. The molecule has 0 aliphatic heterocycles. The molecule has 0 atom stereocenters. The lowest BCUT2D eigenvalue weighted by atomic mass is 9.72. The van der Waals surface area contributed by atoms with Crippen molar-refractivity contribution >= 4 is 11.6 Å². The van der Waals surface area contributed by atoms with Crippen LogP contribution in [0.15, 0.2) is 29.5 Å². The highest BCUT2D eigenvalue weighted by molar-refractivity contribution is 5.85. The van der Waals surface area contributed by atoms with E-state index in [0.717, 1.165) is 47.5 Å². The van der Waals surface area contributed by atoms with Crippen LogP contribution >= 0.6 is 0 Å². The number of aryl methyl sites for hydroxylation is 1. The van der Waals surface area contributed by atoms with E-state index in [1.807, 2.05) is 33.8 Å². The van der Waals surface area contributed by atoms with Gasteiger partial charge in [0.1, 0.15) is 24.7 Å². The first-order chi connectivity index (χ1) is 13.9. The Bertz CT molecular complexity index is 777. The van der Waals surface area contributed by atoms with Gasteiger partial charge in [0.2, 0.25) is 0 Å². The van der Waals surface area contributed by atoms with Gasteiger partial charge in [0.15, 0.2) is 11.6 Å². The molecule has 4 heteroatoms. The molecule has 1 aromatic carbocycles. The number of allylic oxidation sites excluding steroid dienone is 2. The molecule has 0 aliphatic rings. The molecule has 0 fully saturated rings. The maximum Gasteiger partial charge on any atom is 0.175 e. The molecule has 168 valence electrons. The molecule has 0 bridgehead atoms. The van der Waals surface area contributed by atoms with Crippen LogP contribution < -0.4 is 4.74 Å². The van der Waals surface area contributed by atoms with Crippen molar-refractivity contribution in [3.05, 3.63) is 40.7 Å². The average Bonchev–Trinajstić information content (AvgIpc) is 2.68. The molecule has 0 aromatic heterocycles. The average molecular weight is 417 g/mol. The Morgan fingerprint density at radius 1 is 0.967 bits per heavy atom. The standard InChI is InChI=1S/C26H40O4/c1-10-18(4)24(30-16-20(6)27)26(11-2,12-3)21-13-14-22(19(5)15-21)29-17-23(28)25(7,8)9/h13-15H,10-12,16-17H2,1-9H3/b24-18-. The van der Waals surface area contributed by atoms with Gasteiger partial charge in [-0.1, -0.05) is 53.7 Å². The Morgan fingerprint density at radius 2 is 1.57 bits per heavy atom. The van der Waals surface area contributed by atoms with Crippen LogP contribution in [0.1, 0.15) is 85.8 Å². The van der Waals surface area contributed by atoms with Crippen LogP contribution in [-0.4, -0.2) is 24.8 Å². The smallest absolute Gasteiger partial charge is 0.175 e. The van der Waals surface area contributed by atoms with Crippen LogP contribution in [-0.2, 0) is 19.7 Å². The molecule has 1 rings (SSSR count). The van der Waals surface area contributed by atoms with E-state index < -0.39 is 5.41 Å². The molecule has 0 unspecified atom stereocenters. The summed E-state index contributed by atoms with van der Waals surface area (Å²) in [6, 6.07) is 6.14. The lowest BCUT2D eigenvalue weighted by molar-refractivity contribution is -0.128. The van der Waals surface area contributed by atoms with Gasteiger partial charge >= 0.3 is 0 Å². The Hall–Kier alpha value is -2.10. The maximum absolute atomic E-state index is 12.2. The van der Waals surface area contributed by atoms with E-state index in [0.29, 0.717) is 0 Å². The highest BCUT2D eigenvalue weighted by Gasteiger charge is 2.36. The first kappa shape index (κ1) is 25.9. The summed E-state index contributed by atoms with van der Waals surface area (Å²) in [5.41, 5.74) is 2.57. The molecule has 0 amide bonds. The molecule has 0 heterocycles. The zero-order valence-corrected chi connectivity index (χ0v) is 20.4. The number of carbonyl (C=O) groups is 2. The van der Waals surface area contributed by atoms with Crippen molar-refractivity contribution < 1.29 is 19.1 Å². The van der Waals surface area contributed by atoms with Crippen molar-refractivity contribution in [1.82, 2.24) is 0 Å². The summed E-state index contributed by atoms with van der Waals surface area (Å²) in [5.74, 6) is 1.71. The zero-order chi connectivity index (χ0) is 23.1. The van der Waals surface area contributed by atoms with Crippen molar-refractivity contribution in [2.45, 2.75) is 87.0 Å². The molecular formula is C26H40O4. The van der Waals surface area contributed by atoms with E-state index in [1.54, 1.807) is 6.92 Å². The first-order valence-corrected chi connectivity index (χ1v) is 11.0. The Morgan fingerprint density at radius 3 is 2.00 bits per heavy atom. The van der Waals surface area contributed by atoms with Crippen LogP contribution in [0, 0.1) is 12.3 Å². The molecule has 0 saturated heterocycles. The topological polar surface area (TPSA) is 52.6 Å². The summed E-state index contributed by atoms with van der Waals surface area (Å²) in [4.78, 5) is 23.8. The summed E-state index contributed by atoms with van der Waals surface area (Å²) in [7, 11) is 0. The molecular weight excluding hydrogens is 376 g/mol. The number of hydrogen-bond acceptors (Lipinski definition) is 4. The van der Waals surface area contributed by atoms with E-state index in [2.05, 4.69) is 39.8 Å². The van der Waals surface area contributed by atoms with E-state index >= 15 is 0 Å². The molecule has 4 nitrogen and oxygen atoms in total. The first-order valence-electron chi connectivity index (χ1n) is 11.0. The fraction of sp³-hybridized carbons (Fsp3) is 0.615. The van der Waals surface area contributed by atoms with Gasteiger partial charge < -0.3 is 9.47 Å². The molecule has 0 aliphatic carbocycles. The number of carbonyl (C=O) groups excluding carboxylic acids is 2. The van der Waals surface area contributed by atoms with Crippen LogP contribution in [0.2, 0.25) is 0 Å². The third kappa shape index (κ3) is 6.20.